The van der Waals surface area contributed by atoms with Gasteiger partial charge in [-0.3, -0.25) is 0 Å². The minimum atomic E-state index is 0.846. The van der Waals surface area contributed by atoms with Gasteiger partial charge in [0.15, 0.2) is 0 Å². The Morgan fingerprint density at radius 3 is 1.02 bits per heavy atom. The normalized spacial score (nSPS) is 11.9. The van der Waals surface area contributed by atoms with Crippen LogP contribution in [-0.4, -0.2) is 0 Å². The zero-order valence-electron chi connectivity index (χ0n) is 33.5. The Labute approximate surface area is 356 Å². The van der Waals surface area contributed by atoms with Crippen molar-refractivity contribution in [2.75, 3.05) is 9.80 Å². The highest BCUT2D eigenvalue weighted by Crippen LogP contribution is 2.46. The van der Waals surface area contributed by atoms with Crippen LogP contribution in [0, 0.1) is 0 Å². The van der Waals surface area contributed by atoms with Gasteiger partial charge in [-0.15, -0.1) is 0 Å². The minimum absolute atomic E-state index is 0.846. The van der Waals surface area contributed by atoms with Crippen molar-refractivity contribution in [2.24, 2.45) is 0 Å². The van der Waals surface area contributed by atoms with Gasteiger partial charge in [0.2, 0.25) is 0 Å². The first-order valence-corrected chi connectivity index (χ1v) is 21.1. The average molecular weight is 793 g/mol. The first-order chi connectivity index (χ1) is 30.7. The predicted molar refractivity (Wildman–Crippen MR) is 260 cm³/mol. The van der Waals surface area contributed by atoms with Crippen LogP contribution in [0.1, 0.15) is 0 Å². The molecule has 13 aromatic rings. The largest absolute Gasteiger partial charge is 0.455 e. The molecular formula is C58H36N2O2. The molecular weight excluding hydrogens is 757 g/mol. The van der Waals surface area contributed by atoms with E-state index in [1.165, 1.54) is 21.5 Å². The number of rotatable bonds is 6. The zero-order chi connectivity index (χ0) is 40.7. The van der Waals surface area contributed by atoms with Crippen LogP contribution in [0.25, 0.3) is 87.0 Å². The van der Waals surface area contributed by atoms with Crippen LogP contribution in [0.2, 0.25) is 0 Å². The smallest absolute Gasteiger partial charge is 0.143 e. The Morgan fingerprint density at radius 1 is 0.242 bits per heavy atom. The lowest BCUT2D eigenvalue weighted by atomic mass is 10.00. The number of para-hydroxylation sites is 2. The summed E-state index contributed by atoms with van der Waals surface area (Å²) in [5, 5.41) is 13.5. The second-order valence-electron chi connectivity index (χ2n) is 16.1. The summed E-state index contributed by atoms with van der Waals surface area (Å²) in [6.45, 7) is 0. The van der Waals surface area contributed by atoms with Gasteiger partial charge < -0.3 is 18.6 Å². The maximum atomic E-state index is 6.79. The van der Waals surface area contributed by atoms with Crippen LogP contribution in [0.15, 0.2) is 227 Å². The van der Waals surface area contributed by atoms with Crippen molar-refractivity contribution >= 4 is 121 Å². The highest BCUT2D eigenvalue weighted by Gasteiger charge is 2.21. The van der Waals surface area contributed by atoms with E-state index in [1.54, 1.807) is 0 Å². The van der Waals surface area contributed by atoms with E-state index in [0.29, 0.717) is 0 Å². The van der Waals surface area contributed by atoms with E-state index in [0.717, 1.165) is 99.5 Å². The fourth-order valence-electron chi connectivity index (χ4n) is 9.64. The van der Waals surface area contributed by atoms with Gasteiger partial charge in [0.1, 0.15) is 22.3 Å². The molecule has 2 heterocycles. The molecule has 0 amide bonds. The Morgan fingerprint density at radius 2 is 0.581 bits per heavy atom. The average Bonchev–Trinajstić information content (AvgIpc) is 3.91. The summed E-state index contributed by atoms with van der Waals surface area (Å²) in [5.41, 5.74) is 10.0. The highest BCUT2D eigenvalue weighted by atomic mass is 16.3. The molecule has 0 spiro atoms. The Bertz CT molecular complexity index is 3630. The molecule has 0 fully saturated rings. The molecule has 290 valence electrons. The van der Waals surface area contributed by atoms with Gasteiger partial charge in [-0.05, 0) is 142 Å². The first kappa shape index (κ1) is 34.5. The van der Waals surface area contributed by atoms with Crippen molar-refractivity contribution < 1.29 is 8.83 Å². The number of fused-ring (bicyclic) bond motifs is 13. The zero-order valence-corrected chi connectivity index (χ0v) is 33.5. The summed E-state index contributed by atoms with van der Waals surface area (Å²) in [6.07, 6.45) is 0. The van der Waals surface area contributed by atoms with E-state index in [4.69, 9.17) is 8.83 Å². The molecule has 0 N–H and O–H groups in total. The maximum absolute atomic E-state index is 6.79. The van der Waals surface area contributed by atoms with Crippen LogP contribution in [-0.2, 0) is 0 Å². The molecule has 0 radical (unpaired) electrons. The summed E-state index contributed by atoms with van der Waals surface area (Å²) in [4.78, 5) is 4.65. The number of hydrogen-bond acceptors (Lipinski definition) is 4. The van der Waals surface area contributed by atoms with Gasteiger partial charge in [0, 0.05) is 66.4 Å². The third-order valence-electron chi connectivity index (χ3n) is 12.5. The summed E-state index contributed by atoms with van der Waals surface area (Å²) < 4.78 is 13.6. The van der Waals surface area contributed by atoms with Gasteiger partial charge in [-0.2, -0.15) is 0 Å². The molecule has 0 bridgehead atoms. The molecule has 0 saturated heterocycles. The van der Waals surface area contributed by atoms with E-state index < -0.39 is 0 Å². The van der Waals surface area contributed by atoms with Crippen LogP contribution >= 0.6 is 0 Å². The van der Waals surface area contributed by atoms with E-state index in [9.17, 15) is 0 Å². The third kappa shape index (κ3) is 5.40. The van der Waals surface area contributed by atoms with Crippen molar-refractivity contribution in [3.05, 3.63) is 218 Å². The number of furan rings is 2. The molecule has 62 heavy (non-hydrogen) atoms. The fraction of sp³-hybridized carbons (Fsp3) is 0. The maximum Gasteiger partial charge on any atom is 0.143 e. The van der Waals surface area contributed by atoms with Gasteiger partial charge in [-0.1, -0.05) is 109 Å². The lowest BCUT2D eigenvalue weighted by Crippen LogP contribution is -2.09. The molecule has 0 atom stereocenters. The number of benzene rings is 11. The van der Waals surface area contributed by atoms with Crippen molar-refractivity contribution in [3.63, 3.8) is 0 Å². The SMILES string of the molecule is c1ccc(N(c2ccc3ccccc3c2)c2ccc3c(ccc4c3oc3ccc5oc6c7ccc(N(c8ccccc8)c8ccc9ccccc9c8)cc7ccc6c5c34)c2)cc1. The van der Waals surface area contributed by atoms with Gasteiger partial charge >= 0.3 is 0 Å². The van der Waals surface area contributed by atoms with Gasteiger partial charge in [0.05, 0.1) is 0 Å². The molecule has 11 aromatic carbocycles. The Hall–Kier alpha value is -8.34. The Balaban J connectivity index is 0.937. The van der Waals surface area contributed by atoms with Crippen molar-refractivity contribution in [2.45, 2.75) is 0 Å². The second-order valence-corrected chi connectivity index (χ2v) is 16.1. The molecule has 0 saturated carbocycles. The predicted octanol–water partition coefficient (Wildman–Crippen LogP) is 17.0. The van der Waals surface area contributed by atoms with Crippen molar-refractivity contribution in [1.82, 2.24) is 0 Å². The Kier molecular flexibility index (Phi) is 7.57. The molecule has 13 rings (SSSR count). The van der Waals surface area contributed by atoms with Crippen LogP contribution in [0.5, 0.6) is 0 Å². The summed E-state index contributed by atoms with van der Waals surface area (Å²) in [7, 11) is 0. The molecule has 2 aromatic heterocycles. The molecule has 4 heteroatoms. The monoisotopic (exact) mass is 792 g/mol. The quantitative estimate of drug-likeness (QED) is 0.168. The van der Waals surface area contributed by atoms with Gasteiger partial charge in [0.25, 0.3) is 0 Å². The standard InChI is InChI=1S/C58H36N2O2/c1-3-15-43(16-4-1)59(45-23-19-37-11-7-9-13-39(37)33-45)47-25-29-49-41(35-47)21-27-51-55-53(61-57(49)51)31-32-54-56(55)52-28-22-42-36-48(26-30-50(42)58(52)62-54)60(44-17-5-2-6-18-44)46-24-20-38-12-8-10-14-40(38)34-46/h1-36H. The second kappa shape index (κ2) is 13.6. The topological polar surface area (TPSA) is 32.8 Å². The van der Waals surface area contributed by atoms with Gasteiger partial charge in [-0.25, -0.2) is 0 Å². The molecule has 0 unspecified atom stereocenters. The third-order valence-corrected chi connectivity index (χ3v) is 12.5. The van der Waals surface area contributed by atoms with Crippen LogP contribution < -0.4 is 9.80 Å². The lowest BCUT2D eigenvalue weighted by Gasteiger charge is -2.26. The molecule has 0 aliphatic heterocycles. The summed E-state index contributed by atoms with van der Waals surface area (Å²) in [5.74, 6) is 0. The molecule has 0 aliphatic rings. The van der Waals surface area contributed by atoms with E-state index >= 15 is 0 Å². The highest BCUT2D eigenvalue weighted by molar-refractivity contribution is 6.30. The van der Waals surface area contributed by atoms with Crippen LogP contribution in [0.4, 0.5) is 34.1 Å². The lowest BCUT2D eigenvalue weighted by molar-refractivity contribution is 0.666. The number of anilines is 6. The van der Waals surface area contributed by atoms with Crippen molar-refractivity contribution in [3.8, 4) is 0 Å². The first-order valence-electron chi connectivity index (χ1n) is 21.1. The van der Waals surface area contributed by atoms with E-state index in [-0.39, 0.29) is 0 Å². The summed E-state index contributed by atoms with van der Waals surface area (Å²) >= 11 is 0. The van der Waals surface area contributed by atoms with E-state index in [2.05, 4.69) is 228 Å². The number of nitrogens with zero attached hydrogens (tertiary/aromatic N) is 2. The van der Waals surface area contributed by atoms with Crippen LogP contribution in [0.3, 0.4) is 0 Å². The summed E-state index contributed by atoms with van der Waals surface area (Å²) in [6, 6.07) is 77.9. The molecule has 4 nitrogen and oxygen atoms in total. The van der Waals surface area contributed by atoms with E-state index in [1.807, 2.05) is 0 Å². The minimum Gasteiger partial charge on any atom is -0.455 e. The van der Waals surface area contributed by atoms with Crippen molar-refractivity contribution in [1.29, 1.82) is 0 Å². The number of hydrogen-bond donors (Lipinski definition) is 0. The fourth-order valence-corrected chi connectivity index (χ4v) is 9.64. The molecule has 0 aliphatic carbocycles.